The predicted molar refractivity (Wildman–Crippen MR) is 103 cm³/mol. The average molecular weight is 365 g/mol. The van der Waals surface area contributed by atoms with Crippen LogP contribution in [0.3, 0.4) is 0 Å². The van der Waals surface area contributed by atoms with E-state index in [9.17, 15) is 0 Å². The number of ether oxygens (including phenoxy) is 1. The van der Waals surface area contributed by atoms with Gasteiger partial charge in [0.05, 0.1) is 17.6 Å². The molecule has 5 heteroatoms. The van der Waals surface area contributed by atoms with Crippen molar-refractivity contribution in [1.29, 1.82) is 0 Å². The van der Waals surface area contributed by atoms with Crippen LogP contribution in [0, 0.1) is 0 Å². The number of halogens is 2. The van der Waals surface area contributed by atoms with Crippen LogP contribution in [0.1, 0.15) is 32.0 Å². The van der Waals surface area contributed by atoms with Crippen LogP contribution in [0.4, 0.5) is 0 Å². The van der Waals surface area contributed by atoms with E-state index < -0.39 is 0 Å². The normalized spacial score (nSPS) is 10.8. The summed E-state index contributed by atoms with van der Waals surface area (Å²) in [6.45, 7) is 5.94. The van der Waals surface area contributed by atoms with Gasteiger partial charge in [-0.3, -0.25) is 0 Å². The molecule has 0 aliphatic carbocycles. The lowest BCUT2D eigenvalue weighted by Crippen LogP contribution is -2.09. The Morgan fingerprint density at radius 1 is 1.08 bits per heavy atom. The molecule has 0 fully saturated rings. The molecule has 0 N–H and O–H groups in total. The number of nitrogens with zero attached hydrogens (tertiary/aromatic N) is 2. The first kappa shape index (κ1) is 18.6. The number of benzene rings is 2. The van der Waals surface area contributed by atoms with E-state index in [2.05, 4.69) is 36.6 Å². The van der Waals surface area contributed by atoms with Crippen LogP contribution < -0.4 is 4.74 Å². The molecule has 128 valence electrons. The van der Waals surface area contributed by atoms with Crippen LogP contribution >= 0.6 is 24.0 Å². The monoisotopic (exact) mass is 364 g/mol. The third kappa shape index (κ3) is 4.22. The molecule has 2 aromatic carbocycles. The number of para-hydroxylation sites is 2. The summed E-state index contributed by atoms with van der Waals surface area (Å²) in [4.78, 5) is 4.77. The number of hydrogen-bond donors (Lipinski definition) is 0. The lowest BCUT2D eigenvalue weighted by atomic mass is 10.2. The van der Waals surface area contributed by atoms with E-state index in [-0.39, 0.29) is 12.4 Å². The van der Waals surface area contributed by atoms with Crippen molar-refractivity contribution in [1.82, 2.24) is 9.55 Å². The van der Waals surface area contributed by atoms with Crippen molar-refractivity contribution in [2.45, 2.75) is 32.7 Å². The van der Waals surface area contributed by atoms with Gasteiger partial charge in [0.1, 0.15) is 11.6 Å². The Morgan fingerprint density at radius 2 is 1.79 bits per heavy atom. The zero-order chi connectivity index (χ0) is 16.2. The summed E-state index contributed by atoms with van der Waals surface area (Å²) in [5, 5.41) is 0.726. The summed E-state index contributed by atoms with van der Waals surface area (Å²) >= 11 is 5.88. The molecule has 0 radical (unpaired) electrons. The van der Waals surface area contributed by atoms with Gasteiger partial charge in [-0.1, -0.05) is 37.6 Å². The molecule has 0 bridgehead atoms. The lowest BCUT2D eigenvalue weighted by Gasteiger charge is -2.12. The maximum Gasteiger partial charge on any atom is 0.119 e. The van der Waals surface area contributed by atoms with Gasteiger partial charge in [-0.05, 0) is 42.8 Å². The van der Waals surface area contributed by atoms with Gasteiger partial charge in [-0.25, -0.2) is 4.98 Å². The first-order valence-corrected chi connectivity index (χ1v) is 8.36. The molecule has 1 aromatic heterocycles. The maximum atomic E-state index is 5.88. The van der Waals surface area contributed by atoms with Gasteiger partial charge in [0.15, 0.2) is 0 Å². The van der Waals surface area contributed by atoms with Crippen molar-refractivity contribution in [3.63, 3.8) is 0 Å². The Morgan fingerprint density at radius 3 is 2.50 bits per heavy atom. The van der Waals surface area contributed by atoms with Crippen LogP contribution in [0.25, 0.3) is 11.0 Å². The van der Waals surface area contributed by atoms with Crippen molar-refractivity contribution >= 4 is 35.0 Å². The highest BCUT2D eigenvalue weighted by atomic mass is 35.5. The Hall–Kier alpha value is -1.71. The summed E-state index contributed by atoms with van der Waals surface area (Å²) in [6, 6.07) is 15.8. The number of hydrogen-bond acceptors (Lipinski definition) is 2. The van der Waals surface area contributed by atoms with E-state index in [4.69, 9.17) is 21.3 Å². The van der Waals surface area contributed by atoms with Crippen LogP contribution in [0.2, 0.25) is 5.02 Å². The average Bonchev–Trinajstić information content (AvgIpc) is 2.92. The summed E-state index contributed by atoms with van der Waals surface area (Å²) in [7, 11) is 0. The molecule has 0 saturated carbocycles. The molecule has 1 heterocycles. The first-order valence-electron chi connectivity index (χ1n) is 7.98. The SMILES string of the molecule is CC(C)c1nc2ccccc2n1CCCOc1ccc(Cl)cc1.Cl. The van der Waals surface area contributed by atoms with Gasteiger partial charge in [0.25, 0.3) is 0 Å². The Kier molecular flexibility index (Phi) is 6.52. The first-order chi connectivity index (χ1) is 11.1. The molecule has 3 aromatic rings. The number of aromatic nitrogens is 2. The van der Waals surface area contributed by atoms with Crippen LogP contribution in [0.5, 0.6) is 5.75 Å². The van der Waals surface area contributed by atoms with Gasteiger partial charge < -0.3 is 9.30 Å². The topological polar surface area (TPSA) is 27.1 Å². The van der Waals surface area contributed by atoms with Crippen molar-refractivity contribution in [2.75, 3.05) is 6.61 Å². The highest BCUT2D eigenvalue weighted by molar-refractivity contribution is 6.30. The fourth-order valence-corrected chi connectivity index (χ4v) is 2.84. The molecule has 0 aliphatic rings. The number of aryl methyl sites for hydroxylation is 1. The Balaban J connectivity index is 0.00000208. The van der Waals surface area contributed by atoms with Crippen molar-refractivity contribution in [3.8, 4) is 5.75 Å². The Bertz CT molecular complexity index is 782. The molecule has 0 saturated heterocycles. The highest BCUT2D eigenvalue weighted by Gasteiger charge is 2.12. The fourth-order valence-electron chi connectivity index (χ4n) is 2.71. The van der Waals surface area contributed by atoms with Crippen LogP contribution in [0.15, 0.2) is 48.5 Å². The molecular formula is C19H22Cl2N2O. The second-order valence-corrected chi connectivity index (χ2v) is 6.36. The molecule has 0 unspecified atom stereocenters. The zero-order valence-corrected chi connectivity index (χ0v) is 15.5. The second-order valence-electron chi connectivity index (χ2n) is 5.92. The smallest absolute Gasteiger partial charge is 0.119 e. The molecular weight excluding hydrogens is 343 g/mol. The van der Waals surface area contributed by atoms with E-state index in [0.29, 0.717) is 12.5 Å². The molecule has 0 aliphatic heterocycles. The highest BCUT2D eigenvalue weighted by Crippen LogP contribution is 2.22. The molecule has 0 amide bonds. The van der Waals surface area contributed by atoms with Crippen LogP contribution in [-0.2, 0) is 6.54 Å². The number of fused-ring (bicyclic) bond motifs is 1. The lowest BCUT2D eigenvalue weighted by molar-refractivity contribution is 0.301. The molecule has 0 atom stereocenters. The van der Waals surface area contributed by atoms with Gasteiger partial charge in [0.2, 0.25) is 0 Å². The van der Waals surface area contributed by atoms with Crippen LogP contribution in [-0.4, -0.2) is 16.2 Å². The number of rotatable bonds is 6. The quantitative estimate of drug-likeness (QED) is 0.524. The summed E-state index contributed by atoms with van der Waals surface area (Å²) in [6.07, 6.45) is 0.933. The van der Waals surface area contributed by atoms with E-state index in [1.54, 1.807) is 0 Å². The second kappa shape index (κ2) is 8.41. The molecule has 3 rings (SSSR count). The summed E-state index contributed by atoms with van der Waals surface area (Å²) in [5.41, 5.74) is 2.26. The van der Waals surface area contributed by atoms with Gasteiger partial charge in [-0.2, -0.15) is 0 Å². The van der Waals surface area contributed by atoms with E-state index in [1.165, 1.54) is 5.52 Å². The molecule has 0 spiro atoms. The maximum absolute atomic E-state index is 5.88. The predicted octanol–water partition coefficient (Wildman–Crippen LogP) is 5.70. The zero-order valence-electron chi connectivity index (χ0n) is 13.9. The minimum atomic E-state index is 0. The van der Waals surface area contributed by atoms with Gasteiger partial charge >= 0.3 is 0 Å². The minimum Gasteiger partial charge on any atom is -0.494 e. The third-order valence-electron chi connectivity index (χ3n) is 3.81. The molecule has 3 nitrogen and oxygen atoms in total. The fraction of sp³-hybridized carbons (Fsp3) is 0.316. The molecule has 24 heavy (non-hydrogen) atoms. The van der Waals surface area contributed by atoms with E-state index >= 15 is 0 Å². The largest absolute Gasteiger partial charge is 0.494 e. The summed E-state index contributed by atoms with van der Waals surface area (Å²) < 4.78 is 8.09. The van der Waals surface area contributed by atoms with E-state index in [1.807, 2.05) is 30.3 Å². The van der Waals surface area contributed by atoms with E-state index in [0.717, 1.165) is 35.1 Å². The number of imidazole rings is 1. The van der Waals surface area contributed by atoms with Crippen molar-refractivity contribution in [2.24, 2.45) is 0 Å². The third-order valence-corrected chi connectivity index (χ3v) is 4.06. The Labute approximate surface area is 154 Å². The van der Waals surface area contributed by atoms with Crippen molar-refractivity contribution < 1.29 is 4.74 Å². The standard InChI is InChI=1S/C19H21ClN2O.ClH/c1-14(2)19-21-17-6-3-4-7-18(17)22(19)12-5-13-23-16-10-8-15(20)9-11-16;/h3-4,6-11,14H,5,12-13H2,1-2H3;1H. The minimum absolute atomic E-state index is 0. The van der Waals surface area contributed by atoms with Crippen molar-refractivity contribution in [3.05, 3.63) is 59.4 Å². The van der Waals surface area contributed by atoms with Gasteiger partial charge in [-0.15, -0.1) is 12.4 Å². The van der Waals surface area contributed by atoms with Gasteiger partial charge in [0, 0.05) is 17.5 Å². The summed E-state index contributed by atoms with van der Waals surface area (Å²) in [5.74, 6) is 2.39.